The van der Waals surface area contributed by atoms with E-state index in [0.717, 1.165) is 8.42 Å². The molecule has 2 nitrogen and oxygen atoms in total. The summed E-state index contributed by atoms with van der Waals surface area (Å²) >= 11 is 0. The van der Waals surface area contributed by atoms with Crippen molar-refractivity contribution in [2.45, 2.75) is 12.8 Å². The van der Waals surface area contributed by atoms with Crippen molar-refractivity contribution in [1.82, 2.24) is 4.98 Å². The smallest absolute Gasteiger partial charge is 0.0462 e. The first-order valence-corrected chi connectivity index (χ1v) is 6.84. The largest absolute Gasteiger partial charge is 0.350 e. The highest BCUT2D eigenvalue weighted by Gasteiger charge is 2.14. The molecule has 64 valence electrons. The van der Waals surface area contributed by atoms with Crippen molar-refractivity contribution in [3.63, 3.8) is 0 Å². The van der Waals surface area contributed by atoms with E-state index in [1.807, 2.05) is 12.4 Å². The van der Waals surface area contributed by atoms with Crippen molar-refractivity contribution in [2.24, 2.45) is 0 Å². The van der Waals surface area contributed by atoms with Crippen molar-refractivity contribution in [3.8, 4) is 0 Å². The van der Waals surface area contributed by atoms with E-state index >= 15 is 0 Å². The van der Waals surface area contributed by atoms with Crippen molar-refractivity contribution in [2.75, 3.05) is 11.2 Å². The van der Waals surface area contributed by atoms with Crippen LogP contribution in [0.1, 0.15) is 12.0 Å². The van der Waals surface area contributed by atoms with Crippen LogP contribution in [0.15, 0.2) is 18.5 Å². The second-order valence-corrected chi connectivity index (χ2v) is 4.46. The van der Waals surface area contributed by atoms with Crippen LogP contribution in [0.2, 0.25) is 0 Å². The molecule has 2 unspecified atom stereocenters. The van der Waals surface area contributed by atoms with Crippen molar-refractivity contribution >= 4 is 23.0 Å². The molecule has 0 saturated heterocycles. The summed E-state index contributed by atoms with van der Waals surface area (Å²) < 4.78 is 2.41. The van der Waals surface area contributed by atoms with Gasteiger partial charge in [0.05, 0.1) is 0 Å². The van der Waals surface area contributed by atoms with Gasteiger partial charge in [-0.2, -0.15) is 0 Å². The van der Waals surface area contributed by atoms with Crippen LogP contribution in [0.3, 0.4) is 0 Å². The molecule has 0 radical (unpaired) electrons. The third-order valence-corrected chi connectivity index (χ3v) is 3.86. The maximum absolute atomic E-state index is 4.14. The summed E-state index contributed by atoms with van der Waals surface area (Å²) in [5.41, 5.74) is 2.78. The zero-order valence-electron chi connectivity index (χ0n) is 6.83. The fraction of sp³-hybridized carbons (Fsp3) is 0.375. The molecule has 1 aromatic rings. The number of fused-ring (bicyclic) bond motifs is 1. The molecule has 0 N–H and O–H groups in total. The second kappa shape index (κ2) is 3.68. The van der Waals surface area contributed by atoms with Gasteiger partial charge in [0.2, 0.25) is 0 Å². The number of hydrogen-bond donors (Lipinski definition) is 0. The van der Waals surface area contributed by atoms with Gasteiger partial charge in [0, 0.05) is 24.6 Å². The number of aromatic nitrogens is 1. The molecule has 1 aliphatic heterocycles. The minimum absolute atomic E-state index is 0.796. The first-order chi connectivity index (χ1) is 5.92. The molecule has 2 atom stereocenters. The van der Waals surface area contributed by atoms with E-state index in [1.54, 1.807) is 0 Å². The summed E-state index contributed by atoms with van der Waals surface area (Å²) in [7, 11) is 3.60. The monoisotopic (exact) mass is 198 g/mol. The molecule has 12 heavy (non-hydrogen) atoms. The van der Waals surface area contributed by atoms with Gasteiger partial charge in [-0.15, -0.1) is 0 Å². The highest BCUT2D eigenvalue weighted by molar-refractivity contribution is 8.03. The molecule has 0 fully saturated rings. The Balaban J connectivity index is 2.37. The maximum atomic E-state index is 4.14. The van der Waals surface area contributed by atoms with Gasteiger partial charge >= 0.3 is 0 Å². The summed E-state index contributed by atoms with van der Waals surface area (Å²) in [5, 5.41) is 0. The standard InChI is InChI=1S/C8H12N2P2/c11-12-10-5-1-2-7-6-9-4-3-8(7)10/h3-4,6,12H,1-2,5,11H2. The molecule has 2 rings (SSSR count). The number of pyridine rings is 1. The van der Waals surface area contributed by atoms with Crippen LogP contribution in [0, 0.1) is 0 Å². The van der Waals surface area contributed by atoms with E-state index in [0.29, 0.717) is 0 Å². The molecule has 4 heteroatoms. The number of rotatable bonds is 1. The SMILES string of the molecule is PPN1CCCc2cnccc21. The Hall–Kier alpha value is -0.190. The zero-order valence-corrected chi connectivity index (χ0v) is 8.98. The van der Waals surface area contributed by atoms with E-state index in [2.05, 4.69) is 24.6 Å². The van der Waals surface area contributed by atoms with Crippen LogP contribution in [0.25, 0.3) is 0 Å². The third-order valence-electron chi connectivity index (χ3n) is 2.15. The first kappa shape index (κ1) is 8.41. The number of hydrogen-bond acceptors (Lipinski definition) is 2. The lowest BCUT2D eigenvalue weighted by atomic mass is 10.1. The van der Waals surface area contributed by atoms with Gasteiger partial charge in [0.1, 0.15) is 0 Å². The number of aryl methyl sites for hydroxylation is 1. The highest BCUT2D eigenvalue weighted by atomic mass is 32.0. The van der Waals surface area contributed by atoms with E-state index < -0.39 is 0 Å². The number of nitrogens with zero attached hydrogens (tertiary/aromatic N) is 2. The molecule has 0 bridgehead atoms. The Labute approximate surface area is 76.7 Å². The molecular weight excluding hydrogens is 186 g/mol. The summed E-state index contributed by atoms with van der Waals surface area (Å²) in [6, 6.07) is 2.12. The van der Waals surface area contributed by atoms with Gasteiger partial charge in [-0.05, 0) is 32.9 Å². The summed E-state index contributed by atoms with van der Waals surface area (Å²) in [4.78, 5) is 4.14. The van der Waals surface area contributed by atoms with Gasteiger partial charge in [-0.1, -0.05) is 8.93 Å². The average molecular weight is 198 g/mol. The van der Waals surface area contributed by atoms with Crippen LogP contribution in [-0.4, -0.2) is 11.5 Å². The van der Waals surface area contributed by atoms with E-state index in [4.69, 9.17) is 0 Å². The lowest BCUT2D eigenvalue weighted by molar-refractivity contribution is 0.790. The average Bonchev–Trinajstić information content (AvgIpc) is 2.17. The highest BCUT2D eigenvalue weighted by Crippen LogP contribution is 2.37. The topological polar surface area (TPSA) is 16.1 Å². The Bertz CT molecular complexity index is 278. The maximum Gasteiger partial charge on any atom is 0.0462 e. The Morgan fingerprint density at radius 1 is 1.58 bits per heavy atom. The fourth-order valence-electron chi connectivity index (χ4n) is 1.56. The minimum atomic E-state index is 0.796. The van der Waals surface area contributed by atoms with Crippen molar-refractivity contribution in [3.05, 3.63) is 24.0 Å². The van der Waals surface area contributed by atoms with Crippen LogP contribution in [0.5, 0.6) is 0 Å². The van der Waals surface area contributed by atoms with Gasteiger partial charge in [-0.25, -0.2) is 0 Å². The van der Waals surface area contributed by atoms with Crippen LogP contribution < -0.4 is 4.67 Å². The third kappa shape index (κ3) is 1.46. The van der Waals surface area contributed by atoms with E-state index in [9.17, 15) is 0 Å². The fourth-order valence-corrected chi connectivity index (χ4v) is 3.01. The summed E-state index contributed by atoms with van der Waals surface area (Å²) in [6.07, 6.45) is 6.32. The predicted octanol–water partition coefficient (Wildman–Crippen LogP) is 2.22. The van der Waals surface area contributed by atoms with Gasteiger partial charge in [-0.3, -0.25) is 4.98 Å². The molecule has 1 aromatic heterocycles. The van der Waals surface area contributed by atoms with Crippen LogP contribution in [-0.2, 0) is 6.42 Å². The summed E-state index contributed by atoms with van der Waals surface area (Å²) in [5.74, 6) is 0. The Morgan fingerprint density at radius 2 is 2.50 bits per heavy atom. The lowest BCUT2D eigenvalue weighted by Gasteiger charge is -2.29. The Kier molecular flexibility index (Phi) is 2.58. The molecule has 0 saturated carbocycles. The molecular formula is C8H12N2P2. The lowest BCUT2D eigenvalue weighted by Crippen LogP contribution is -2.19. The summed E-state index contributed by atoms with van der Waals surface area (Å²) in [6.45, 7) is 1.19. The predicted molar refractivity (Wildman–Crippen MR) is 57.9 cm³/mol. The van der Waals surface area contributed by atoms with E-state index in [-0.39, 0.29) is 0 Å². The molecule has 0 aromatic carbocycles. The molecule has 0 spiro atoms. The second-order valence-electron chi connectivity index (χ2n) is 2.89. The molecule has 0 aliphatic carbocycles. The zero-order chi connectivity index (χ0) is 8.39. The number of anilines is 1. The first-order valence-electron chi connectivity index (χ1n) is 4.08. The van der Waals surface area contributed by atoms with Crippen LogP contribution >= 0.6 is 17.3 Å². The minimum Gasteiger partial charge on any atom is -0.350 e. The van der Waals surface area contributed by atoms with Crippen molar-refractivity contribution < 1.29 is 0 Å². The van der Waals surface area contributed by atoms with Gasteiger partial charge in [0.25, 0.3) is 0 Å². The molecule has 1 aliphatic rings. The van der Waals surface area contributed by atoms with Gasteiger partial charge in [0.15, 0.2) is 0 Å². The van der Waals surface area contributed by atoms with Crippen molar-refractivity contribution in [1.29, 1.82) is 0 Å². The molecule has 2 heterocycles. The normalized spacial score (nSPS) is 16.9. The van der Waals surface area contributed by atoms with Gasteiger partial charge < -0.3 is 4.67 Å². The van der Waals surface area contributed by atoms with E-state index in [1.165, 1.54) is 30.6 Å². The van der Waals surface area contributed by atoms with Crippen LogP contribution in [0.4, 0.5) is 5.69 Å². The molecule has 0 amide bonds. The Morgan fingerprint density at radius 3 is 3.33 bits per heavy atom. The quantitative estimate of drug-likeness (QED) is 0.643.